The molecule has 3 N–H and O–H groups in total. The first-order valence-corrected chi connectivity index (χ1v) is 9.88. The van der Waals surface area contributed by atoms with Crippen LogP contribution in [0.1, 0.15) is 40.5 Å². The predicted octanol–water partition coefficient (Wildman–Crippen LogP) is 2.31. The predicted molar refractivity (Wildman–Crippen MR) is 108 cm³/mol. The SMILES string of the molecule is CCOc1nc(C)ccc1C(=O)N1CCC(Cc2ccccc2CN)[C@H](O)C1. The highest BCUT2D eigenvalue weighted by Gasteiger charge is 2.32. The Morgan fingerprint density at radius 2 is 2.04 bits per heavy atom. The number of aliphatic hydroxyl groups is 1. The Morgan fingerprint density at radius 3 is 2.71 bits per heavy atom. The summed E-state index contributed by atoms with van der Waals surface area (Å²) in [5.41, 5.74) is 9.37. The molecule has 0 radical (unpaired) electrons. The van der Waals surface area contributed by atoms with E-state index in [1.54, 1.807) is 11.0 Å². The van der Waals surface area contributed by atoms with Crippen molar-refractivity contribution in [2.24, 2.45) is 11.7 Å². The molecule has 1 aliphatic heterocycles. The van der Waals surface area contributed by atoms with Gasteiger partial charge in [-0.05, 0) is 55.9 Å². The summed E-state index contributed by atoms with van der Waals surface area (Å²) in [7, 11) is 0. The van der Waals surface area contributed by atoms with Gasteiger partial charge >= 0.3 is 0 Å². The highest BCUT2D eigenvalue weighted by atomic mass is 16.5. The van der Waals surface area contributed by atoms with Gasteiger partial charge < -0.3 is 20.5 Å². The first-order valence-electron chi connectivity index (χ1n) is 9.88. The maximum Gasteiger partial charge on any atom is 0.259 e. The summed E-state index contributed by atoms with van der Waals surface area (Å²) in [6, 6.07) is 11.6. The number of carbonyl (C=O) groups excluding carboxylic acids is 1. The Bertz CT molecular complexity index is 824. The van der Waals surface area contributed by atoms with Gasteiger partial charge in [-0.15, -0.1) is 0 Å². The van der Waals surface area contributed by atoms with Gasteiger partial charge in [0.05, 0.1) is 12.7 Å². The van der Waals surface area contributed by atoms with Crippen LogP contribution in [-0.2, 0) is 13.0 Å². The third kappa shape index (κ3) is 4.51. The molecule has 1 aromatic heterocycles. The van der Waals surface area contributed by atoms with Gasteiger partial charge in [-0.25, -0.2) is 4.98 Å². The number of rotatable bonds is 6. The van der Waals surface area contributed by atoms with Crippen molar-refractivity contribution in [1.29, 1.82) is 0 Å². The normalized spacial score (nSPS) is 19.5. The number of likely N-dealkylation sites (tertiary alicyclic amines) is 1. The number of β-amino-alcohol motifs (C(OH)–C–C–N with tert-alkyl or cyclic N) is 1. The molecule has 0 spiro atoms. The highest BCUT2D eigenvalue weighted by molar-refractivity contribution is 5.96. The number of aliphatic hydroxyl groups excluding tert-OH is 1. The molecule has 3 rings (SSSR count). The van der Waals surface area contributed by atoms with Crippen LogP contribution >= 0.6 is 0 Å². The van der Waals surface area contributed by atoms with Crippen molar-refractivity contribution < 1.29 is 14.6 Å². The number of pyridine rings is 1. The third-order valence-electron chi connectivity index (χ3n) is 5.34. The van der Waals surface area contributed by atoms with Crippen LogP contribution in [0, 0.1) is 12.8 Å². The molecule has 0 saturated carbocycles. The zero-order valence-corrected chi connectivity index (χ0v) is 16.6. The molecule has 2 heterocycles. The fourth-order valence-electron chi connectivity index (χ4n) is 3.75. The van der Waals surface area contributed by atoms with Crippen molar-refractivity contribution in [1.82, 2.24) is 9.88 Å². The fourth-order valence-corrected chi connectivity index (χ4v) is 3.75. The van der Waals surface area contributed by atoms with Crippen molar-refractivity contribution in [3.05, 3.63) is 58.8 Å². The van der Waals surface area contributed by atoms with Gasteiger partial charge in [0.15, 0.2) is 0 Å². The Kier molecular flexibility index (Phi) is 6.65. The molecule has 1 saturated heterocycles. The number of ether oxygens (including phenoxy) is 1. The molecular weight excluding hydrogens is 354 g/mol. The van der Waals surface area contributed by atoms with E-state index >= 15 is 0 Å². The van der Waals surface area contributed by atoms with E-state index in [2.05, 4.69) is 11.1 Å². The third-order valence-corrected chi connectivity index (χ3v) is 5.34. The molecule has 1 fully saturated rings. The summed E-state index contributed by atoms with van der Waals surface area (Å²) < 4.78 is 5.55. The van der Waals surface area contributed by atoms with Gasteiger partial charge in [-0.3, -0.25) is 4.79 Å². The van der Waals surface area contributed by atoms with Crippen LogP contribution in [0.25, 0.3) is 0 Å². The molecule has 1 aromatic carbocycles. The molecule has 1 aliphatic rings. The van der Waals surface area contributed by atoms with E-state index in [-0.39, 0.29) is 11.8 Å². The topological polar surface area (TPSA) is 88.7 Å². The molecular formula is C22H29N3O3. The van der Waals surface area contributed by atoms with E-state index < -0.39 is 6.10 Å². The molecule has 0 bridgehead atoms. The lowest BCUT2D eigenvalue weighted by atomic mass is 9.86. The minimum atomic E-state index is -0.572. The minimum absolute atomic E-state index is 0.110. The van der Waals surface area contributed by atoms with Gasteiger partial charge in [0.25, 0.3) is 5.91 Å². The second-order valence-electron chi connectivity index (χ2n) is 7.28. The summed E-state index contributed by atoms with van der Waals surface area (Å²) in [6.07, 6.45) is 0.944. The average molecular weight is 383 g/mol. The number of aromatic nitrogens is 1. The first-order chi connectivity index (χ1) is 13.5. The van der Waals surface area contributed by atoms with Crippen molar-refractivity contribution in [2.75, 3.05) is 19.7 Å². The maximum atomic E-state index is 13.0. The molecule has 0 aliphatic carbocycles. The average Bonchev–Trinajstić information content (AvgIpc) is 2.70. The summed E-state index contributed by atoms with van der Waals surface area (Å²) >= 11 is 0. The van der Waals surface area contributed by atoms with Gasteiger partial charge in [0.2, 0.25) is 5.88 Å². The molecule has 1 unspecified atom stereocenters. The van der Waals surface area contributed by atoms with E-state index in [0.29, 0.717) is 37.7 Å². The summed E-state index contributed by atoms with van der Waals surface area (Å²) in [5.74, 6) is 0.330. The Labute approximate surface area is 166 Å². The molecule has 28 heavy (non-hydrogen) atoms. The molecule has 2 atom stereocenters. The smallest absolute Gasteiger partial charge is 0.259 e. The lowest BCUT2D eigenvalue weighted by Crippen LogP contribution is -2.47. The second-order valence-corrected chi connectivity index (χ2v) is 7.28. The van der Waals surface area contributed by atoms with Crippen LogP contribution in [0.5, 0.6) is 5.88 Å². The summed E-state index contributed by atoms with van der Waals surface area (Å²) in [4.78, 5) is 19.0. The van der Waals surface area contributed by atoms with Crippen molar-refractivity contribution in [3.63, 3.8) is 0 Å². The number of benzene rings is 1. The van der Waals surface area contributed by atoms with Crippen molar-refractivity contribution in [2.45, 2.75) is 39.3 Å². The van der Waals surface area contributed by atoms with E-state index in [1.165, 1.54) is 5.56 Å². The number of aryl methyl sites for hydroxylation is 1. The fraction of sp³-hybridized carbons (Fsp3) is 0.455. The Hall–Kier alpha value is -2.44. The molecule has 6 nitrogen and oxygen atoms in total. The van der Waals surface area contributed by atoms with Crippen LogP contribution < -0.4 is 10.5 Å². The zero-order chi connectivity index (χ0) is 20.1. The molecule has 2 aromatic rings. The summed E-state index contributed by atoms with van der Waals surface area (Å²) in [6.45, 7) is 5.59. The van der Waals surface area contributed by atoms with Crippen molar-refractivity contribution >= 4 is 5.91 Å². The van der Waals surface area contributed by atoms with Gasteiger partial charge in [-0.2, -0.15) is 0 Å². The largest absolute Gasteiger partial charge is 0.477 e. The van der Waals surface area contributed by atoms with E-state index in [0.717, 1.165) is 24.1 Å². The van der Waals surface area contributed by atoms with Crippen molar-refractivity contribution in [3.8, 4) is 5.88 Å². The molecule has 6 heteroatoms. The number of carbonyl (C=O) groups is 1. The van der Waals surface area contributed by atoms with Gasteiger partial charge in [-0.1, -0.05) is 24.3 Å². The van der Waals surface area contributed by atoms with Crippen LogP contribution in [0.4, 0.5) is 0 Å². The monoisotopic (exact) mass is 383 g/mol. The van der Waals surface area contributed by atoms with Gasteiger partial charge in [0, 0.05) is 25.3 Å². The number of hydrogen-bond acceptors (Lipinski definition) is 5. The molecule has 1 amide bonds. The number of nitrogens with two attached hydrogens (primary N) is 1. The van der Waals surface area contributed by atoms with E-state index in [4.69, 9.17) is 10.5 Å². The number of nitrogens with zero attached hydrogens (tertiary/aromatic N) is 2. The quantitative estimate of drug-likeness (QED) is 0.799. The number of piperidine rings is 1. The van der Waals surface area contributed by atoms with Crippen LogP contribution in [0.15, 0.2) is 36.4 Å². The number of amides is 1. The van der Waals surface area contributed by atoms with Crippen LogP contribution in [0.2, 0.25) is 0 Å². The second kappa shape index (κ2) is 9.17. The highest BCUT2D eigenvalue weighted by Crippen LogP contribution is 2.26. The maximum absolute atomic E-state index is 13.0. The zero-order valence-electron chi connectivity index (χ0n) is 16.6. The minimum Gasteiger partial charge on any atom is -0.477 e. The Balaban J connectivity index is 1.69. The van der Waals surface area contributed by atoms with Crippen LogP contribution in [-0.4, -0.2) is 46.7 Å². The first kappa shape index (κ1) is 20.3. The van der Waals surface area contributed by atoms with E-state index in [1.807, 2.05) is 38.1 Å². The standard InChI is InChI=1S/C22H29N3O3/c1-3-28-21-19(9-8-15(2)24-21)22(27)25-11-10-17(20(26)14-25)12-16-6-4-5-7-18(16)13-23/h4-9,17,20,26H,3,10-14,23H2,1-2H3/t17?,20-/m1/s1. The number of hydrogen-bond donors (Lipinski definition) is 2. The van der Waals surface area contributed by atoms with Crippen LogP contribution in [0.3, 0.4) is 0 Å². The molecule has 150 valence electrons. The lowest BCUT2D eigenvalue weighted by molar-refractivity contribution is 0.0195. The van der Waals surface area contributed by atoms with Gasteiger partial charge in [0.1, 0.15) is 5.56 Å². The lowest BCUT2D eigenvalue weighted by Gasteiger charge is -2.36. The van der Waals surface area contributed by atoms with E-state index in [9.17, 15) is 9.90 Å². The summed E-state index contributed by atoms with van der Waals surface area (Å²) in [5, 5.41) is 10.7. The Morgan fingerprint density at radius 1 is 1.29 bits per heavy atom.